The minimum Gasteiger partial charge on any atom is -0.507 e. The molecular weight excluding hydrogens is 496 g/mol. The Morgan fingerprint density at radius 3 is 2.31 bits per heavy atom. The molecule has 1 N–H and O–H groups in total. The zero-order valence-corrected chi connectivity index (χ0v) is 24.1. The van der Waals surface area contributed by atoms with Crippen molar-refractivity contribution in [1.29, 1.82) is 0 Å². The van der Waals surface area contributed by atoms with Crippen LogP contribution >= 0.6 is 0 Å². The summed E-state index contributed by atoms with van der Waals surface area (Å²) in [6, 6.07) is 9.90. The van der Waals surface area contributed by atoms with Crippen LogP contribution in [0.1, 0.15) is 63.3 Å². The minimum absolute atomic E-state index is 0.0600. The Hall–Kier alpha value is -3.52. The number of hydrogen-bond donors (Lipinski definition) is 1. The molecule has 0 radical (unpaired) electrons. The number of benzene rings is 2. The van der Waals surface area contributed by atoms with Crippen molar-refractivity contribution in [3.8, 4) is 17.2 Å². The molecule has 0 aliphatic carbocycles. The second-order valence-corrected chi connectivity index (χ2v) is 9.54. The van der Waals surface area contributed by atoms with E-state index in [2.05, 4.69) is 25.7 Å². The summed E-state index contributed by atoms with van der Waals surface area (Å²) in [7, 11) is 1.55. The number of unbranched alkanes of at least 4 members (excludes halogenated alkanes) is 1. The Balaban J connectivity index is 2.10. The molecule has 0 saturated carbocycles. The summed E-state index contributed by atoms with van der Waals surface area (Å²) in [5, 5.41) is 11.5. The standard InChI is InChI=1S/C31H42N2O6/c1-7-11-18-39-24-14-13-23(19-21(24)5)29(34)27-28(22-12-15-25(38-10-4)26(20-22)37-6)33(31(36)30(27)35)17-16-32(8-2)9-3/h12-15,19-20,28,34H,7-11,16-18H2,1-6H3. The molecule has 0 spiro atoms. The first-order chi connectivity index (χ1) is 18.8. The number of Topliss-reactive ketones (excluding diaryl/α,β-unsaturated/α-hetero) is 1. The molecule has 8 nitrogen and oxygen atoms in total. The fraction of sp³-hybridized carbons (Fsp3) is 0.484. The Kier molecular flexibility index (Phi) is 10.8. The summed E-state index contributed by atoms with van der Waals surface area (Å²) in [5.41, 5.74) is 2.02. The number of rotatable bonds is 14. The molecule has 1 amide bonds. The number of ketones is 1. The smallest absolute Gasteiger partial charge is 0.295 e. The van der Waals surface area contributed by atoms with Gasteiger partial charge in [-0.15, -0.1) is 0 Å². The number of carbonyl (C=O) groups is 2. The van der Waals surface area contributed by atoms with Gasteiger partial charge in [0.05, 0.1) is 31.9 Å². The van der Waals surface area contributed by atoms with Crippen LogP contribution in [0.2, 0.25) is 0 Å². The van der Waals surface area contributed by atoms with Gasteiger partial charge in [0.15, 0.2) is 11.5 Å². The summed E-state index contributed by atoms with van der Waals surface area (Å²) < 4.78 is 17.1. The maximum absolute atomic E-state index is 13.4. The maximum Gasteiger partial charge on any atom is 0.295 e. The molecule has 1 atom stereocenters. The zero-order chi connectivity index (χ0) is 28.5. The lowest BCUT2D eigenvalue weighted by Gasteiger charge is -2.28. The van der Waals surface area contributed by atoms with E-state index in [0.717, 1.165) is 37.2 Å². The van der Waals surface area contributed by atoms with Crippen molar-refractivity contribution >= 4 is 17.4 Å². The molecule has 1 fully saturated rings. The van der Waals surface area contributed by atoms with Gasteiger partial charge in [0.2, 0.25) is 0 Å². The molecule has 2 aromatic carbocycles. The molecule has 0 bridgehead atoms. The van der Waals surface area contributed by atoms with Crippen LogP contribution in [-0.2, 0) is 9.59 Å². The van der Waals surface area contributed by atoms with Crippen LogP contribution in [0.4, 0.5) is 0 Å². The molecule has 39 heavy (non-hydrogen) atoms. The molecule has 2 aromatic rings. The third-order valence-corrected chi connectivity index (χ3v) is 7.10. The van der Waals surface area contributed by atoms with Crippen LogP contribution in [-0.4, -0.2) is 73.1 Å². The summed E-state index contributed by atoms with van der Waals surface area (Å²) in [6.45, 7) is 13.7. The second kappa shape index (κ2) is 14.0. The number of hydrogen-bond acceptors (Lipinski definition) is 7. The molecule has 3 rings (SSSR count). The molecule has 212 valence electrons. The molecule has 1 unspecified atom stereocenters. The van der Waals surface area contributed by atoms with E-state index in [1.165, 1.54) is 0 Å². The normalized spacial score (nSPS) is 16.7. The fourth-order valence-electron chi connectivity index (χ4n) is 4.82. The first-order valence-corrected chi connectivity index (χ1v) is 13.9. The summed E-state index contributed by atoms with van der Waals surface area (Å²) in [6.07, 6.45) is 1.98. The van der Waals surface area contributed by atoms with Gasteiger partial charge in [-0.3, -0.25) is 9.59 Å². The van der Waals surface area contributed by atoms with Crippen molar-refractivity contribution in [3.05, 3.63) is 58.7 Å². The summed E-state index contributed by atoms with van der Waals surface area (Å²) in [4.78, 5) is 30.5. The molecule has 1 aliphatic heterocycles. The van der Waals surface area contributed by atoms with Crippen LogP contribution in [0.25, 0.3) is 5.76 Å². The Labute approximate surface area is 232 Å². The van der Waals surface area contributed by atoms with Gasteiger partial charge in [-0.1, -0.05) is 33.3 Å². The third kappa shape index (κ3) is 6.74. The van der Waals surface area contributed by atoms with Crippen molar-refractivity contribution in [2.75, 3.05) is 46.5 Å². The van der Waals surface area contributed by atoms with E-state index >= 15 is 0 Å². The number of aryl methyl sites for hydroxylation is 1. The van der Waals surface area contributed by atoms with Gasteiger partial charge in [-0.2, -0.15) is 0 Å². The Morgan fingerprint density at radius 1 is 0.974 bits per heavy atom. The molecule has 8 heteroatoms. The number of amides is 1. The lowest BCUT2D eigenvalue weighted by molar-refractivity contribution is -0.140. The number of methoxy groups -OCH3 is 1. The molecule has 1 heterocycles. The minimum atomic E-state index is -0.772. The van der Waals surface area contributed by atoms with E-state index in [4.69, 9.17) is 14.2 Å². The summed E-state index contributed by atoms with van der Waals surface area (Å²) in [5.74, 6) is 0.252. The van der Waals surface area contributed by atoms with Gasteiger partial charge in [0.25, 0.3) is 11.7 Å². The van der Waals surface area contributed by atoms with E-state index in [9.17, 15) is 14.7 Å². The third-order valence-electron chi connectivity index (χ3n) is 7.10. The quantitative estimate of drug-likeness (QED) is 0.150. The number of aliphatic hydroxyl groups excluding tert-OH is 1. The molecule has 1 aliphatic rings. The largest absolute Gasteiger partial charge is 0.507 e. The molecular formula is C31H42N2O6. The maximum atomic E-state index is 13.4. The highest BCUT2D eigenvalue weighted by Gasteiger charge is 2.46. The molecule has 1 saturated heterocycles. The predicted molar refractivity (Wildman–Crippen MR) is 153 cm³/mol. The summed E-state index contributed by atoms with van der Waals surface area (Å²) >= 11 is 0. The van der Waals surface area contributed by atoms with Crippen molar-refractivity contribution in [2.24, 2.45) is 0 Å². The molecule has 0 aromatic heterocycles. The van der Waals surface area contributed by atoms with E-state index < -0.39 is 17.7 Å². The van der Waals surface area contributed by atoms with Gasteiger partial charge in [0, 0.05) is 18.7 Å². The Morgan fingerprint density at radius 2 is 1.69 bits per heavy atom. The second-order valence-electron chi connectivity index (χ2n) is 9.54. The van der Waals surface area contributed by atoms with Crippen molar-refractivity contribution < 1.29 is 28.9 Å². The van der Waals surface area contributed by atoms with Gasteiger partial charge in [0.1, 0.15) is 11.5 Å². The van der Waals surface area contributed by atoms with E-state index in [0.29, 0.717) is 48.9 Å². The SMILES string of the molecule is CCCCOc1ccc(C(O)=C2C(=O)C(=O)N(CCN(CC)CC)C2c2ccc(OCC)c(OC)c2)cc1C. The number of likely N-dealkylation sites (N-methyl/N-ethyl adjacent to an activating group) is 1. The lowest BCUT2D eigenvalue weighted by Crippen LogP contribution is -2.38. The van der Waals surface area contributed by atoms with Gasteiger partial charge < -0.3 is 29.1 Å². The van der Waals surface area contributed by atoms with Crippen LogP contribution in [0.15, 0.2) is 42.0 Å². The topological polar surface area (TPSA) is 88.5 Å². The Bertz CT molecular complexity index is 1190. The zero-order valence-electron chi connectivity index (χ0n) is 24.1. The van der Waals surface area contributed by atoms with Gasteiger partial charge in [-0.05, 0) is 74.8 Å². The van der Waals surface area contributed by atoms with Crippen LogP contribution in [0, 0.1) is 6.92 Å². The van der Waals surface area contributed by atoms with Crippen molar-refractivity contribution in [1.82, 2.24) is 9.80 Å². The van der Waals surface area contributed by atoms with Gasteiger partial charge in [-0.25, -0.2) is 0 Å². The average molecular weight is 539 g/mol. The first-order valence-electron chi connectivity index (χ1n) is 13.9. The lowest BCUT2D eigenvalue weighted by atomic mass is 9.94. The van der Waals surface area contributed by atoms with Crippen molar-refractivity contribution in [2.45, 2.75) is 53.5 Å². The predicted octanol–water partition coefficient (Wildman–Crippen LogP) is 5.34. The van der Waals surface area contributed by atoms with E-state index in [1.54, 1.807) is 42.3 Å². The number of likely N-dealkylation sites (tertiary alicyclic amines) is 1. The van der Waals surface area contributed by atoms with E-state index in [1.807, 2.05) is 19.9 Å². The fourth-order valence-corrected chi connectivity index (χ4v) is 4.82. The van der Waals surface area contributed by atoms with Gasteiger partial charge >= 0.3 is 0 Å². The number of aliphatic hydroxyl groups is 1. The van der Waals surface area contributed by atoms with Crippen LogP contribution in [0.5, 0.6) is 17.2 Å². The highest BCUT2D eigenvalue weighted by molar-refractivity contribution is 6.46. The first kappa shape index (κ1) is 30.0. The number of carbonyl (C=O) groups excluding carboxylic acids is 2. The van der Waals surface area contributed by atoms with E-state index in [-0.39, 0.29) is 11.3 Å². The average Bonchev–Trinajstić information content (AvgIpc) is 3.19. The monoisotopic (exact) mass is 538 g/mol. The van der Waals surface area contributed by atoms with Crippen molar-refractivity contribution in [3.63, 3.8) is 0 Å². The number of ether oxygens (including phenoxy) is 3. The highest BCUT2D eigenvalue weighted by atomic mass is 16.5. The van der Waals surface area contributed by atoms with Crippen LogP contribution in [0.3, 0.4) is 0 Å². The number of nitrogens with zero attached hydrogens (tertiary/aromatic N) is 2. The highest BCUT2D eigenvalue weighted by Crippen LogP contribution is 2.42. The van der Waals surface area contributed by atoms with Crippen LogP contribution < -0.4 is 14.2 Å².